The number of nitrogens with zero attached hydrogens (tertiary/aromatic N) is 1. The van der Waals surface area contributed by atoms with Crippen molar-refractivity contribution >= 4 is 10.9 Å². The highest BCUT2D eigenvalue weighted by molar-refractivity contribution is 5.85. The average Bonchev–Trinajstić information content (AvgIpc) is 2.96. The first-order valence-corrected chi connectivity index (χ1v) is 6.95. The molecular weight excluding hydrogens is 284 g/mol. The van der Waals surface area contributed by atoms with Gasteiger partial charge in [-0.15, -0.1) is 0 Å². The van der Waals surface area contributed by atoms with Gasteiger partial charge in [-0.3, -0.25) is 20.0 Å². The Morgan fingerprint density at radius 2 is 1.86 bits per heavy atom. The van der Waals surface area contributed by atoms with Gasteiger partial charge in [-0.1, -0.05) is 18.2 Å². The van der Waals surface area contributed by atoms with E-state index in [4.69, 9.17) is 0 Å². The summed E-state index contributed by atoms with van der Waals surface area (Å²) in [4.78, 5) is 26.1. The summed E-state index contributed by atoms with van der Waals surface area (Å²) >= 11 is 0. The van der Waals surface area contributed by atoms with Gasteiger partial charge in [0.2, 0.25) is 6.54 Å². The molecule has 3 aromatic rings. The van der Waals surface area contributed by atoms with Gasteiger partial charge in [0.05, 0.1) is 11.5 Å². The van der Waals surface area contributed by atoms with Crippen molar-refractivity contribution in [2.45, 2.75) is 19.8 Å². The van der Waals surface area contributed by atoms with E-state index in [1.54, 1.807) is 6.92 Å². The van der Waals surface area contributed by atoms with Gasteiger partial charge in [0, 0.05) is 27.2 Å². The molecular formula is C15H16N4O3. The van der Waals surface area contributed by atoms with E-state index in [1.165, 1.54) is 0 Å². The molecule has 114 valence electrons. The highest BCUT2D eigenvalue weighted by atomic mass is 16.6. The van der Waals surface area contributed by atoms with E-state index in [0.29, 0.717) is 11.3 Å². The lowest BCUT2D eigenvalue weighted by Crippen LogP contribution is -2.21. The maximum atomic E-state index is 12.1. The van der Waals surface area contributed by atoms with Crippen molar-refractivity contribution in [1.82, 2.24) is 15.2 Å². The summed E-state index contributed by atoms with van der Waals surface area (Å²) in [5, 5.41) is 17.3. The van der Waals surface area contributed by atoms with Crippen LogP contribution >= 0.6 is 0 Å². The Bertz CT molecular complexity index is 903. The molecule has 0 aliphatic carbocycles. The van der Waals surface area contributed by atoms with Gasteiger partial charge in [-0.25, -0.2) is 0 Å². The number of aromatic amines is 3. The molecule has 3 N–H and O–H groups in total. The second-order valence-corrected chi connectivity index (χ2v) is 5.39. The van der Waals surface area contributed by atoms with E-state index >= 15 is 0 Å². The summed E-state index contributed by atoms with van der Waals surface area (Å²) in [5.74, 6) is -0.596. The number of benzene rings is 1. The van der Waals surface area contributed by atoms with Gasteiger partial charge in [-0.2, -0.15) is 0 Å². The molecule has 0 saturated carbocycles. The SMILES string of the molecule is Cc1[nH][nH]c(=O)c1C(C[N+](=O)[O-])c1c(C)[nH]c2ccccc12. The van der Waals surface area contributed by atoms with Crippen molar-refractivity contribution < 1.29 is 4.92 Å². The lowest BCUT2D eigenvalue weighted by atomic mass is 9.89. The predicted molar refractivity (Wildman–Crippen MR) is 82.9 cm³/mol. The number of para-hydroxylation sites is 1. The smallest absolute Gasteiger partial charge is 0.268 e. The molecule has 0 aliphatic rings. The fourth-order valence-electron chi connectivity index (χ4n) is 3.10. The molecule has 22 heavy (non-hydrogen) atoms. The maximum absolute atomic E-state index is 12.1. The van der Waals surface area contributed by atoms with Crippen molar-refractivity contribution in [1.29, 1.82) is 0 Å². The molecule has 1 aromatic carbocycles. The van der Waals surface area contributed by atoms with Crippen LogP contribution in [-0.4, -0.2) is 26.6 Å². The third-order valence-electron chi connectivity index (χ3n) is 3.98. The summed E-state index contributed by atoms with van der Waals surface area (Å²) in [6, 6.07) is 7.62. The summed E-state index contributed by atoms with van der Waals surface area (Å²) in [6.45, 7) is 3.28. The van der Waals surface area contributed by atoms with Crippen molar-refractivity contribution in [3.05, 3.63) is 67.2 Å². The molecule has 1 unspecified atom stereocenters. The summed E-state index contributed by atoms with van der Waals surface area (Å²) in [6.07, 6.45) is 0. The minimum atomic E-state index is -0.596. The molecule has 7 nitrogen and oxygen atoms in total. The number of rotatable bonds is 4. The zero-order valence-corrected chi connectivity index (χ0v) is 12.3. The normalized spacial score (nSPS) is 12.6. The van der Waals surface area contributed by atoms with Crippen molar-refractivity contribution in [2.75, 3.05) is 6.54 Å². The molecule has 0 radical (unpaired) electrons. The number of hydrogen-bond donors (Lipinski definition) is 3. The van der Waals surface area contributed by atoms with Gasteiger partial charge < -0.3 is 10.1 Å². The van der Waals surface area contributed by atoms with Crippen LogP contribution in [-0.2, 0) is 0 Å². The van der Waals surface area contributed by atoms with E-state index in [9.17, 15) is 14.9 Å². The number of aryl methyl sites for hydroxylation is 2. The third kappa shape index (κ3) is 2.20. The highest BCUT2D eigenvalue weighted by Crippen LogP contribution is 2.33. The molecule has 3 rings (SSSR count). The molecule has 7 heteroatoms. The zero-order valence-electron chi connectivity index (χ0n) is 12.3. The second kappa shape index (κ2) is 5.18. The Hall–Kier alpha value is -2.83. The molecule has 2 aromatic heterocycles. The van der Waals surface area contributed by atoms with Gasteiger partial charge >= 0.3 is 0 Å². The lowest BCUT2D eigenvalue weighted by molar-refractivity contribution is -0.481. The van der Waals surface area contributed by atoms with Crippen molar-refractivity contribution in [3.63, 3.8) is 0 Å². The summed E-state index contributed by atoms with van der Waals surface area (Å²) in [5.41, 5.74) is 3.29. The number of nitrogens with one attached hydrogen (secondary N) is 3. The van der Waals surface area contributed by atoms with Crippen LogP contribution in [0, 0.1) is 24.0 Å². The van der Waals surface area contributed by atoms with Crippen LogP contribution in [0.25, 0.3) is 10.9 Å². The second-order valence-electron chi connectivity index (χ2n) is 5.39. The minimum Gasteiger partial charge on any atom is -0.358 e. The van der Waals surface area contributed by atoms with Crippen LogP contribution in [0.3, 0.4) is 0 Å². The summed E-state index contributed by atoms with van der Waals surface area (Å²) < 4.78 is 0. The first kappa shape index (κ1) is 14.1. The van der Waals surface area contributed by atoms with Gasteiger partial charge in [0.1, 0.15) is 0 Å². The highest BCUT2D eigenvalue weighted by Gasteiger charge is 2.29. The number of H-pyrrole nitrogens is 3. The van der Waals surface area contributed by atoms with Gasteiger partial charge in [0.25, 0.3) is 5.56 Å². The van der Waals surface area contributed by atoms with Crippen LogP contribution in [0.4, 0.5) is 0 Å². The van der Waals surface area contributed by atoms with Crippen LogP contribution in [0.15, 0.2) is 29.1 Å². The monoisotopic (exact) mass is 300 g/mol. The van der Waals surface area contributed by atoms with Gasteiger partial charge in [0.15, 0.2) is 0 Å². The van der Waals surface area contributed by atoms with Crippen LogP contribution in [0.1, 0.15) is 28.4 Å². The van der Waals surface area contributed by atoms with E-state index in [0.717, 1.165) is 22.2 Å². The number of aromatic nitrogens is 3. The Morgan fingerprint density at radius 3 is 2.50 bits per heavy atom. The van der Waals surface area contributed by atoms with Crippen molar-refractivity contribution in [2.24, 2.45) is 0 Å². The molecule has 0 spiro atoms. The van der Waals surface area contributed by atoms with E-state index < -0.39 is 5.92 Å². The topological polar surface area (TPSA) is 108 Å². The van der Waals surface area contributed by atoms with Crippen molar-refractivity contribution in [3.8, 4) is 0 Å². The Labute approximate surface area is 125 Å². The third-order valence-corrected chi connectivity index (χ3v) is 3.98. The molecule has 0 saturated heterocycles. The quantitative estimate of drug-likeness (QED) is 0.507. The average molecular weight is 300 g/mol. The number of nitro groups is 1. The minimum absolute atomic E-state index is 0.311. The fraction of sp³-hybridized carbons (Fsp3) is 0.267. The molecule has 0 bridgehead atoms. The van der Waals surface area contributed by atoms with Crippen LogP contribution < -0.4 is 5.56 Å². The molecule has 0 fully saturated rings. The Kier molecular flexibility index (Phi) is 3.32. The molecule has 1 atom stereocenters. The van der Waals surface area contributed by atoms with Crippen LogP contribution in [0.2, 0.25) is 0 Å². The fourth-order valence-corrected chi connectivity index (χ4v) is 3.10. The van der Waals surface area contributed by atoms with E-state index in [-0.39, 0.29) is 17.0 Å². The van der Waals surface area contributed by atoms with Crippen LogP contribution in [0.5, 0.6) is 0 Å². The largest absolute Gasteiger partial charge is 0.358 e. The van der Waals surface area contributed by atoms with Gasteiger partial charge in [-0.05, 0) is 25.5 Å². The molecule has 2 heterocycles. The standard InChI is InChI=1S/C15H16N4O3/c1-8-13(10-5-3-4-6-12(10)16-8)11(7-19(21)22)14-9(2)17-18-15(14)20/h3-6,11,16H,7H2,1-2H3,(H2,17,18,20). The maximum Gasteiger partial charge on any atom is 0.268 e. The summed E-state index contributed by atoms with van der Waals surface area (Å²) in [7, 11) is 0. The first-order valence-electron chi connectivity index (χ1n) is 6.95. The van der Waals surface area contributed by atoms with E-state index in [1.807, 2.05) is 31.2 Å². The van der Waals surface area contributed by atoms with E-state index in [2.05, 4.69) is 15.2 Å². The predicted octanol–water partition coefficient (Wildman–Crippen LogP) is 2.21. The molecule has 0 amide bonds. The molecule has 0 aliphatic heterocycles. The first-order chi connectivity index (χ1) is 10.5. The number of hydrogen-bond acceptors (Lipinski definition) is 3. The zero-order chi connectivity index (χ0) is 15.9. The Morgan fingerprint density at radius 1 is 1.14 bits per heavy atom. The lowest BCUT2D eigenvalue weighted by Gasteiger charge is -2.12. The Balaban J connectivity index is 2.27. The number of fused-ring (bicyclic) bond motifs is 1.